The molecule has 2 aliphatic heterocycles. The fourth-order valence-electron chi connectivity index (χ4n) is 6.07. The zero-order valence-corrected chi connectivity index (χ0v) is 21.7. The van der Waals surface area contributed by atoms with Gasteiger partial charge in [0, 0.05) is 40.8 Å². The summed E-state index contributed by atoms with van der Waals surface area (Å²) in [4.78, 5) is 11.4. The Balaban J connectivity index is 0.00000144. The van der Waals surface area contributed by atoms with E-state index in [2.05, 4.69) is 46.4 Å². The summed E-state index contributed by atoms with van der Waals surface area (Å²) in [6, 6.07) is 15.9. The second-order valence-corrected chi connectivity index (χ2v) is 10.2. The van der Waals surface area contributed by atoms with Crippen molar-refractivity contribution >= 4 is 47.9 Å². The molecular weight excluding hydrogens is 507 g/mol. The minimum Gasteiger partial charge on any atom is -0.387 e. The van der Waals surface area contributed by atoms with Gasteiger partial charge in [-0.2, -0.15) is 0 Å². The lowest BCUT2D eigenvalue weighted by Gasteiger charge is -2.27. The van der Waals surface area contributed by atoms with Gasteiger partial charge in [-0.15, -0.1) is 24.8 Å². The number of anilines is 2. The van der Waals surface area contributed by atoms with Crippen LogP contribution < -0.4 is 10.2 Å². The molecule has 1 aliphatic carbocycles. The molecule has 0 unspecified atom stereocenters. The molecule has 1 aromatic heterocycles. The fourth-order valence-corrected chi connectivity index (χ4v) is 6.20. The number of fused-ring (bicyclic) bond motifs is 3. The Morgan fingerprint density at radius 2 is 1.86 bits per heavy atom. The average Bonchev–Trinajstić information content (AvgIpc) is 3.49. The number of para-hydroxylation sites is 1. The van der Waals surface area contributed by atoms with Gasteiger partial charge < -0.3 is 20.4 Å². The molecule has 0 amide bonds. The molecule has 1 fully saturated rings. The number of aromatic nitrogens is 2. The molecule has 186 valence electrons. The van der Waals surface area contributed by atoms with Crippen LogP contribution in [0.4, 0.5) is 11.5 Å². The quantitative estimate of drug-likeness (QED) is 0.438. The van der Waals surface area contributed by atoms with Gasteiger partial charge in [0.05, 0.1) is 17.9 Å². The van der Waals surface area contributed by atoms with Crippen molar-refractivity contribution in [2.24, 2.45) is 0 Å². The summed E-state index contributed by atoms with van der Waals surface area (Å²) >= 11 is 6.04. The van der Waals surface area contributed by atoms with Gasteiger partial charge in [-0.25, -0.2) is 9.97 Å². The SMILES string of the molecule is C[C@@H]1C[C@@H](O)c2ncnc(N3C[C@]4(CN[C@H]([C@H](O)c5ccc(Cl)cc5)C4)c4ccccc43)c21.Cl.Cl. The Labute approximate surface area is 222 Å². The molecule has 1 spiro atoms. The number of aliphatic hydroxyl groups excluding tert-OH is 2. The lowest BCUT2D eigenvalue weighted by molar-refractivity contribution is 0.135. The standard InChI is InChI=1S/C26H27ClN4O2.2ClH/c1-15-10-21(32)23-22(15)25(30-14-29-23)31-13-26(18-4-2-3-5-20(18)31)11-19(28-12-26)24(33)16-6-8-17(27)9-7-16;;/h2-9,14-15,19,21,24,28,32-33H,10-13H2,1H3;2*1H/t15-,19+,21-,24-,26+;;/m1../s1. The van der Waals surface area contributed by atoms with Crippen LogP contribution in [0, 0.1) is 0 Å². The van der Waals surface area contributed by atoms with Crippen molar-refractivity contribution in [1.82, 2.24) is 15.3 Å². The minimum absolute atomic E-state index is 0. The van der Waals surface area contributed by atoms with Crippen molar-refractivity contribution in [3.8, 4) is 0 Å². The van der Waals surface area contributed by atoms with Gasteiger partial charge >= 0.3 is 0 Å². The van der Waals surface area contributed by atoms with Crippen molar-refractivity contribution in [1.29, 1.82) is 0 Å². The van der Waals surface area contributed by atoms with E-state index in [0.29, 0.717) is 11.4 Å². The van der Waals surface area contributed by atoms with E-state index in [1.165, 1.54) is 5.56 Å². The third kappa shape index (κ3) is 4.20. The highest BCUT2D eigenvalue weighted by Gasteiger charge is 2.50. The molecule has 1 saturated heterocycles. The van der Waals surface area contributed by atoms with Crippen LogP contribution in [0.1, 0.15) is 60.3 Å². The molecule has 35 heavy (non-hydrogen) atoms. The molecular formula is C26H29Cl3N4O2. The Morgan fingerprint density at radius 3 is 2.63 bits per heavy atom. The van der Waals surface area contributed by atoms with E-state index in [1.54, 1.807) is 6.33 Å². The minimum atomic E-state index is -0.610. The first-order valence-corrected chi connectivity index (χ1v) is 11.9. The van der Waals surface area contributed by atoms with Crippen molar-refractivity contribution in [2.75, 3.05) is 18.0 Å². The summed E-state index contributed by atoms with van der Waals surface area (Å²) in [5.74, 6) is 1.10. The predicted octanol–water partition coefficient (Wildman–Crippen LogP) is 5.00. The number of hydrogen-bond acceptors (Lipinski definition) is 6. The second kappa shape index (κ2) is 9.85. The van der Waals surface area contributed by atoms with Crippen LogP contribution in [0.15, 0.2) is 54.9 Å². The Kier molecular flexibility index (Phi) is 7.36. The topological polar surface area (TPSA) is 81.5 Å². The van der Waals surface area contributed by atoms with E-state index in [1.807, 2.05) is 24.3 Å². The van der Waals surface area contributed by atoms with Gasteiger partial charge in [0.1, 0.15) is 12.1 Å². The van der Waals surface area contributed by atoms with Gasteiger partial charge in [0.2, 0.25) is 0 Å². The van der Waals surface area contributed by atoms with E-state index in [-0.39, 0.29) is 42.2 Å². The molecule has 3 heterocycles. The van der Waals surface area contributed by atoms with Crippen molar-refractivity contribution in [3.63, 3.8) is 0 Å². The zero-order chi connectivity index (χ0) is 22.7. The smallest absolute Gasteiger partial charge is 0.140 e. The van der Waals surface area contributed by atoms with E-state index < -0.39 is 12.2 Å². The third-order valence-corrected chi connectivity index (χ3v) is 7.92. The molecule has 0 bridgehead atoms. The van der Waals surface area contributed by atoms with E-state index in [4.69, 9.17) is 16.6 Å². The summed E-state index contributed by atoms with van der Waals surface area (Å²) in [6.45, 7) is 3.69. The van der Waals surface area contributed by atoms with Crippen LogP contribution in [0.25, 0.3) is 0 Å². The first kappa shape index (κ1) is 26.1. The molecule has 0 saturated carbocycles. The van der Waals surface area contributed by atoms with Crippen LogP contribution >= 0.6 is 36.4 Å². The highest BCUT2D eigenvalue weighted by molar-refractivity contribution is 6.30. The number of nitrogens with one attached hydrogen (secondary N) is 1. The largest absolute Gasteiger partial charge is 0.387 e. The molecule has 9 heteroatoms. The van der Waals surface area contributed by atoms with Crippen molar-refractivity contribution < 1.29 is 10.2 Å². The molecule has 6 rings (SSSR count). The van der Waals surface area contributed by atoms with Crippen molar-refractivity contribution in [3.05, 3.63) is 82.3 Å². The number of aliphatic hydroxyl groups is 2. The molecule has 3 N–H and O–H groups in total. The van der Waals surface area contributed by atoms with Crippen LogP contribution in [0.2, 0.25) is 5.02 Å². The Morgan fingerprint density at radius 1 is 1.11 bits per heavy atom. The van der Waals surface area contributed by atoms with E-state index in [0.717, 1.165) is 47.8 Å². The highest BCUT2D eigenvalue weighted by Crippen LogP contribution is 2.52. The molecule has 5 atom stereocenters. The lowest BCUT2D eigenvalue weighted by atomic mass is 9.79. The van der Waals surface area contributed by atoms with Crippen LogP contribution in [0.5, 0.6) is 0 Å². The highest BCUT2D eigenvalue weighted by atomic mass is 35.5. The second-order valence-electron chi connectivity index (χ2n) is 9.72. The van der Waals surface area contributed by atoms with Gasteiger partial charge in [0.25, 0.3) is 0 Å². The summed E-state index contributed by atoms with van der Waals surface area (Å²) in [6.07, 6.45) is 1.93. The van der Waals surface area contributed by atoms with Gasteiger partial charge in [-0.05, 0) is 48.1 Å². The first-order valence-electron chi connectivity index (χ1n) is 11.5. The zero-order valence-electron chi connectivity index (χ0n) is 19.3. The molecule has 6 nitrogen and oxygen atoms in total. The monoisotopic (exact) mass is 534 g/mol. The Bertz CT molecular complexity index is 1210. The van der Waals surface area contributed by atoms with Gasteiger partial charge in [0.15, 0.2) is 0 Å². The molecule has 3 aliphatic rings. The van der Waals surface area contributed by atoms with Gasteiger partial charge in [-0.1, -0.05) is 48.9 Å². The average molecular weight is 536 g/mol. The normalized spacial score (nSPS) is 27.2. The maximum absolute atomic E-state index is 11.1. The first-order chi connectivity index (χ1) is 16.0. The predicted molar refractivity (Wildman–Crippen MR) is 142 cm³/mol. The van der Waals surface area contributed by atoms with Gasteiger partial charge in [-0.3, -0.25) is 0 Å². The summed E-state index contributed by atoms with van der Waals surface area (Å²) in [7, 11) is 0. The van der Waals surface area contributed by atoms with Crippen LogP contribution in [-0.4, -0.2) is 39.3 Å². The number of benzene rings is 2. The van der Waals surface area contributed by atoms with Crippen LogP contribution in [-0.2, 0) is 5.41 Å². The maximum atomic E-state index is 11.1. The Hall–Kier alpha value is -1.93. The summed E-state index contributed by atoms with van der Waals surface area (Å²) in [5, 5.41) is 25.9. The van der Waals surface area contributed by atoms with E-state index >= 15 is 0 Å². The molecule has 3 aromatic rings. The summed E-state index contributed by atoms with van der Waals surface area (Å²) < 4.78 is 0. The summed E-state index contributed by atoms with van der Waals surface area (Å²) in [5.41, 5.74) is 4.98. The maximum Gasteiger partial charge on any atom is 0.140 e. The number of rotatable bonds is 3. The fraction of sp³-hybridized carbons (Fsp3) is 0.385. The van der Waals surface area contributed by atoms with Crippen molar-refractivity contribution in [2.45, 2.75) is 49.3 Å². The number of halogens is 3. The molecule has 2 aromatic carbocycles. The van der Waals surface area contributed by atoms with E-state index in [9.17, 15) is 10.2 Å². The molecule has 0 radical (unpaired) electrons. The third-order valence-electron chi connectivity index (χ3n) is 7.67. The lowest BCUT2D eigenvalue weighted by Crippen LogP contribution is -2.34. The van der Waals surface area contributed by atoms with Crippen LogP contribution in [0.3, 0.4) is 0 Å². The number of hydrogen-bond donors (Lipinski definition) is 3. The number of nitrogens with zero attached hydrogens (tertiary/aromatic N) is 3.